The lowest BCUT2D eigenvalue weighted by molar-refractivity contribution is 0.661. The minimum Gasteiger partial charge on any atom is -0.330 e. The molecule has 0 amide bonds. The van der Waals surface area contributed by atoms with Crippen molar-refractivity contribution in [2.24, 2.45) is 11.5 Å². The van der Waals surface area contributed by atoms with Gasteiger partial charge in [0.05, 0.1) is 10.0 Å². The van der Waals surface area contributed by atoms with Gasteiger partial charge in [0.15, 0.2) is 0 Å². The number of aromatic nitrogens is 1. The van der Waals surface area contributed by atoms with Crippen LogP contribution in [-0.2, 0) is 0 Å². The van der Waals surface area contributed by atoms with Crippen molar-refractivity contribution in [2.75, 3.05) is 6.54 Å². The molecule has 1 heterocycles. The molecule has 0 fully saturated rings. The zero-order valence-corrected chi connectivity index (χ0v) is 8.52. The molecule has 0 aliphatic heterocycles. The number of pyridine rings is 1. The maximum atomic E-state index is 5.89. The summed E-state index contributed by atoms with van der Waals surface area (Å²) in [5, 5.41) is 0.988. The molecule has 1 rings (SSSR count). The Kier molecular flexibility index (Phi) is 3.93. The summed E-state index contributed by atoms with van der Waals surface area (Å²) in [6.45, 7) is 0.510. The van der Waals surface area contributed by atoms with Gasteiger partial charge < -0.3 is 11.5 Å². The van der Waals surface area contributed by atoms with Crippen LogP contribution < -0.4 is 11.5 Å². The van der Waals surface area contributed by atoms with Crippen molar-refractivity contribution in [3.63, 3.8) is 0 Å². The Labute approximate surface area is 87.0 Å². The summed E-state index contributed by atoms with van der Waals surface area (Å²) in [6, 6.07) is -0.215. The Morgan fingerprint density at radius 1 is 1.31 bits per heavy atom. The summed E-state index contributed by atoms with van der Waals surface area (Å²) in [7, 11) is 0. The number of nitrogens with zero attached hydrogens (tertiary/aromatic N) is 1. The fourth-order valence-corrected chi connectivity index (χ4v) is 1.74. The van der Waals surface area contributed by atoms with Crippen LogP contribution >= 0.6 is 23.2 Å². The van der Waals surface area contributed by atoms with Crippen molar-refractivity contribution in [3.05, 3.63) is 28.0 Å². The zero-order valence-electron chi connectivity index (χ0n) is 7.00. The Bertz CT molecular complexity index is 270. The lowest BCUT2D eigenvalue weighted by atomic mass is 10.1. The van der Waals surface area contributed by atoms with Crippen LogP contribution in [0.4, 0.5) is 0 Å². The molecule has 0 unspecified atom stereocenters. The standard InChI is InChI=1S/C8H11Cl2N3/c9-5-3-13-4-6(10)8(5)7(12)1-2-11/h3-4,7H,1-2,11-12H2/t7-/m1/s1. The second-order valence-corrected chi connectivity index (χ2v) is 3.52. The van der Waals surface area contributed by atoms with E-state index in [0.29, 0.717) is 23.0 Å². The van der Waals surface area contributed by atoms with E-state index in [-0.39, 0.29) is 6.04 Å². The SMILES string of the molecule is NCC[C@@H](N)c1c(Cl)cncc1Cl. The molecule has 0 aliphatic rings. The predicted octanol–water partition coefficient (Wildman–Crippen LogP) is 1.74. The summed E-state index contributed by atoms with van der Waals surface area (Å²) in [5.74, 6) is 0. The van der Waals surface area contributed by atoms with E-state index in [1.54, 1.807) is 0 Å². The van der Waals surface area contributed by atoms with E-state index >= 15 is 0 Å². The third kappa shape index (κ3) is 2.54. The molecule has 0 saturated heterocycles. The van der Waals surface area contributed by atoms with Crippen LogP contribution in [0.25, 0.3) is 0 Å². The van der Waals surface area contributed by atoms with Crippen LogP contribution in [0.15, 0.2) is 12.4 Å². The van der Waals surface area contributed by atoms with E-state index in [1.165, 1.54) is 12.4 Å². The molecule has 3 nitrogen and oxygen atoms in total. The summed E-state index contributed by atoms with van der Waals surface area (Å²) in [5.41, 5.74) is 11.9. The fraction of sp³-hybridized carbons (Fsp3) is 0.375. The van der Waals surface area contributed by atoms with E-state index in [9.17, 15) is 0 Å². The highest BCUT2D eigenvalue weighted by Crippen LogP contribution is 2.29. The summed E-state index contributed by atoms with van der Waals surface area (Å²) in [4.78, 5) is 3.84. The van der Waals surface area contributed by atoms with Crippen molar-refractivity contribution in [3.8, 4) is 0 Å². The second kappa shape index (κ2) is 4.77. The number of nitrogens with two attached hydrogens (primary N) is 2. The van der Waals surface area contributed by atoms with Crippen LogP contribution in [0.3, 0.4) is 0 Å². The first-order valence-corrected chi connectivity index (χ1v) is 4.67. The quantitative estimate of drug-likeness (QED) is 0.815. The largest absolute Gasteiger partial charge is 0.330 e. The molecule has 0 aromatic carbocycles. The first kappa shape index (κ1) is 10.7. The highest BCUT2D eigenvalue weighted by molar-refractivity contribution is 6.35. The zero-order chi connectivity index (χ0) is 9.84. The maximum Gasteiger partial charge on any atom is 0.0651 e. The van der Waals surface area contributed by atoms with Gasteiger partial charge in [-0.15, -0.1) is 0 Å². The first-order chi connectivity index (χ1) is 6.16. The first-order valence-electron chi connectivity index (χ1n) is 3.91. The summed E-state index contributed by atoms with van der Waals surface area (Å²) < 4.78 is 0. The highest BCUT2D eigenvalue weighted by atomic mass is 35.5. The van der Waals surface area contributed by atoms with E-state index in [1.807, 2.05) is 0 Å². The predicted molar refractivity (Wildman–Crippen MR) is 54.9 cm³/mol. The van der Waals surface area contributed by atoms with Crippen molar-refractivity contribution in [1.82, 2.24) is 4.98 Å². The number of hydrogen-bond acceptors (Lipinski definition) is 3. The van der Waals surface area contributed by atoms with E-state index in [4.69, 9.17) is 34.7 Å². The molecule has 72 valence electrons. The molecular weight excluding hydrogens is 209 g/mol. The monoisotopic (exact) mass is 219 g/mol. The lowest BCUT2D eigenvalue weighted by Crippen LogP contribution is -2.16. The number of rotatable bonds is 3. The van der Waals surface area contributed by atoms with Gasteiger partial charge in [-0.2, -0.15) is 0 Å². The summed E-state index contributed by atoms with van der Waals surface area (Å²) in [6.07, 6.45) is 3.71. The van der Waals surface area contributed by atoms with E-state index in [0.717, 1.165) is 5.56 Å². The molecule has 0 spiro atoms. The van der Waals surface area contributed by atoms with Gasteiger partial charge >= 0.3 is 0 Å². The van der Waals surface area contributed by atoms with Gasteiger partial charge in [0.25, 0.3) is 0 Å². The molecule has 0 saturated carbocycles. The summed E-state index contributed by atoms with van der Waals surface area (Å²) >= 11 is 11.8. The van der Waals surface area contributed by atoms with Gasteiger partial charge in [0, 0.05) is 24.0 Å². The molecule has 0 bridgehead atoms. The van der Waals surface area contributed by atoms with Crippen molar-refractivity contribution >= 4 is 23.2 Å². The molecule has 1 aromatic rings. The van der Waals surface area contributed by atoms with Crippen LogP contribution in [0, 0.1) is 0 Å². The minimum atomic E-state index is -0.215. The van der Waals surface area contributed by atoms with Crippen molar-refractivity contribution in [2.45, 2.75) is 12.5 Å². The van der Waals surface area contributed by atoms with Crippen LogP contribution in [-0.4, -0.2) is 11.5 Å². The topological polar surface area (TPSA) is 64.9 Å². The maximum absolute atomic E-state index is 5.89. The minimum absolute atomic E-state index is 0.215. The van der Waals surface area contributed by atoms with Gasteiger partial charge in [-0.05, 0) is 13.0 Å². The average Bonchev–Trinajstić information content (AvgIpc) is 2.04. The fourth-order valence-electron chi connectivity index (χ4n) is 1.10. The Morgan fingerprint density at radius 3 is 2.31 bits per heavy atom. The normalized spacial score (nSPS) is 12.9. The van der Waals surface area contributed by atoms with Gasteiger partial charge in [-0.25, -0.2) is 0 Å². The van der Waals surface area contributed by atoms with Gasteiger partial charge in [-0.1, -0.05) is 23.2 Å². The van der Waals surface area contributed by atoms with Crippen molar-refractivity contribution < 1.29 is 0 Å². The van der Waals surface area contributed by atoms with Gasteiger partial charge in [0.1, 0.15) is 0 Å². The molecule has 13 heavy (non-hydrogen) atoms. The Balaban J connectivity index is 2.98. The van der Waals surface area contributed by atoms with E-state index in [2.05, 4.69) is 4.98 Å². The molecule has 0 radical (unpaired) electrons. The molecule has 4 N–H and O–H groups in total. The highest BCUT2D eigenvalue weighted by Gasteiger charge is 2.13. The molecule has 5 heteroatoms. The Hall–Kier alpha value is -0.350. The molecule has 1 aromatic heterocycles. The number of hydrogen-bond donors (Lipinski definition) is 2. The molecular formula is C8H11Cl2N3. The van der Waals surface area contributed by atoms with E-state index < -0.39 is 0 Å². The van der Waals surface area contributed by atoms with Gasteiger partial charge in [0.2, 0.25) is 0 Å². The lowest BCUT2D eigenvalue weighted by Gasteiger charge is -2.13. The number of halogens is 2. The van der Waals surface area contributed by atoms with Crippen LogP contribution in [0.1, 0.15) is 18.0 Å². The third-order valence-electron chi connectivity index (χ3n) is 1.74. The van der Waals surface area contributed by atoms with Crippen molar-refractivity contribution in [1.29, 1.82) is 0 Å². The van der Waals surface area contributed by atoms with Crippen LogP contribution in [0.5, 0.6) is 0 Å². The molecule has 0 aliphatic carbocycles. The second-order valence-electron chi connectivity index (χ2n) is 2.70. The third-order valence-corrected chi connectivity index (χ3v) is 2.34. The average molecular weight is 220 g/mol. The molecule has 1 atom stereocenters. The van der Waals surface area contributed by atoms with Gasteiger partial charge in [-0.3, -0.25) is 4.98 Å². The van der Waals surface area contributed by atoms with Crippen LogP contribution in [0.2, 0.25) is 10.0 Å². The Morgan fingerprint density at radius 2 is 1.85 bits per heavy atom. The smallest absolute Gasteiger partial charge is 0.0651 e.